The molecule has 4 aromatic rings. The van der Waals surface area contributed by atoms with Gasteiger partial charge in [-0.2, -0.15) is 0 Å². The third-order valence-corrected chi connectivity index (χ3v) is 6.72. The summed E-state index contributed by atoms with van der Waals surface area (Å²) >= 11 is 0. The van der Waals surface area contributed by atoms with Crippen LogP contribution >= 0.6 is 0 Å². The summed E-state index contributed by atoms with van der Waals surface area (Å²) in [6, 6.07) is 16.7. The number of aryl methyl sites for hydroxylation is 1. The van der Waals surface area contributed by atoms with Gasteiger partial charge in [-0.25, -0.2) is 9.97 Å². The lowest BCUT2D eigenvalue weighted by Gasteiger charge is -2.34. The van der Waals surface area contributed by atoms with Crippen LogP contribution < -0.4 is 16.8 Å². The molecule has 0 aliphatic carbocycles. The number of nitrogen functional groups attached to an aromatic ring is 2. The second-order valence-electron chi connectivity index (χ2n) is 11.7. The lowest BCUT2D eigenvalue weighted by Crippen LogP contribution is -2.26. The normalized spacial score (nSPS) is 12.2. The van der Waals surface area contributed by atoms with Crippen LogP contribution in [0.1, 0.15) is 57.7 Å². The first-order valence-electron chi connectivity index (χ1n) is 12.7. The summed E-state index contributed by atoms with van der Waals surface area (Å²) in [5, 5.41) is 5.80. The third-order valence-electron chi connectivity index (χ3n) is 6.72. The minimum Gasteiger partial charge on any atom is -0.398 e. The predicted molar refractivity (Wildman–Crippen MR) is 154 cm³/mol. The number of hydrogen-bond donors (Lipinski definition) is 3. The lowest BCUT2D eigenvalue weighted by molar-refractivity contribution is 0.284. The topological polar surface area (TPSA) is 89.8 Å². The Balaban J connectivity index is 1.74. The van der Waals surface area contributed by atoms with Gasteiger partial charge in [-0.05, 0) is 88.1 Å². The summed E-state index contributed by atoms with van der Waals surface area (Å²) < 4.78 is 0. The fourth-order valence-electron chi connectivity index (χ4n) is 5.42. The van der Waals surface area contributed by atoms with Gasteiger partial charge in [0.1, 0.15) is 11.6 Å². The first-order valence-corrected chi connectivity index (χ1v) is 12.7. The molecule has 0 aliphatic heterocycles. The van der Waals surface area contributed by atoms with Crippen LogP contribution in [0, 0.1) is 12.3 Å². The van der Waals surface area contributed by atoms with Crippen molar-refractivity contribution in [1.82, 2.24) is 9.97 Å². The Morgan fingerprint density at radius 3 is 2.33 bits per heavy atom. The molecular formula is C31H39N5. The van der Waals surface area contributed by atoms with Crippen molar-refractivity contribution < 1.29 is 0 Å². The molecule has 0 spiro atoms. The summed E-state index contributed by atoms with van der Waals surface area (Å²) in [5.74, 6) is 1.40. The highest BCUT2D eigenvalue weighted by atomic mass is 15.0. The van der Waals surface area contributed by atoms with Gasteiger partial charge in [0, 0.05) is 30.0 Å². The number of anilines is 3. The van der Waals surface area contributed by atoms with Gasteiger partial charge >= 0.3 is 0 Å². The maximum atomic E-state index is 6.40. The van der Waals surface area contributed by atoms with Crippen LogP contribution in [0.2, 0.25) is 0 Å². The molecule has 0 bridgehead atoms. The van der Waals surface area contributed by atoms with Crippen molar-refractivity contribution in [1.29, 1.82) is 0 Å². The van der Waals surface area contributed by atoms with Crippen LogP contribution in [0.5, 0.6) is 0 Å². The highest BCUT2D eigenvalue weighted by molar-refractivity contribution is 5.98. The summed E-state index contributed by atoms with van der Waals surface area (Å²) in [5.41, 5.74) is 19.0. The summed E-state index contributed by atoms with van der Waals surface area (Å²) in [4.78, 5) is 9.03. The van der Waals surface area contributed by atoms with E-state index < -0.39 is 0 Å². The highest BCUT2D eigenvalue weighted by Gasteiger charge is 2.30. The Kier molecular flexibility index (Phi) is 6.94. The van der Waals surface area contributed by atoms with E-state index in [9.17, 15) is 0 Å². The van der Waals surface area contributed by atoms with Crippen LogP contribution in [0.15, 0.2) is 60.9 Å². The Bertz CT molecular complexity index is 1360. The Labute approximate surface area is 215 Å². The molecule has 0 saturated heterocycles. The van der Waals surface area contributed by atoms with Crippen LogP contribution in [-0.2, 0) is 11.8 Å². The average molecular weight is 482 g/mol. The Hall–Kier alpha value is -3.60. The van der Waals surface area contributed by atoms with E-state index in [0.29, 0.717) is 5.82 Å². The summed E-state index contributed by atoms with van der Waals surface area (Å²) in [6.07, 6.45) is 5.77. The lowest BCUT2D eigenvalue weighted by atomic mass is 9.71. The zero-order valence-corrected chi connectivity index (χ0v) is 22.4. The molecule has 0 aliphatic rings. The van der Waals surface area contributed by atoms with E-state index in [1.807, 2.05) is 30.5 Å². The number of pyridine rings is 2. The summed E-state index contributed by atoms with van der Waals surface area (Å²) in [7, 11) is 0. The molecule has 0 unspecified atom stereocenters. The van der Waals surface area contributed by atoms with Crippen molar-refractivity contribution in [2.75, 3.05) is 23.3 Å². The van der Waals surface area contributed by atoms with Crippen LogP contribution in [0.3, 0.4) is 0 Å². The fourth-order valence-corrected chi connectivity index (χ4v) is 5.42. The average Bonchev–Trinajstić information content (AvgIpc) is 2.79. The molecule has 2 aromatic carbocycles. The van der Waals surface area contributed by atoms with Gasteiger partial charge in [-0.3, -0.25) is 0 Å². The maximum Gasteiger partial charge on any atom is 0.126 e. The SMILES string of the molecule is Cc1cc(-c2cc(NCCc3ccc(N)nc3)ncc2C(C)(C)CC(C)(C)C)cc2c(N)cccc12. The number of nitrogens with two attached hydrogens (primary N) is 2. The van der Waals surface area contributed by atoms with Crippen LogP contribution in [-0.4, -0.2) is 16.5 Å². The molecule has 4 rings (SSSR count). The van der Waals surface area contributed by atoms with E-state index in [1.165, 1.54) is 27.6 Å². The van der Waals surface area contributed by atoms with E-state index in [4.69, 9.17) is 16.5 Å². The standard InChI is InChI=1S/C31H39N5/c1-20-14-22(15-25-23(20)8-7-9-27(25)32)24-16-29(34-13-12-21-10-11-28(33)35-17-21)36-18-26(24)31(5,6)19-30(2,3)4/h7-11,14-18H,12-13,19,32H2,1-6H3,(H2,33,35)(H,34,36). The van der Waals surface area contributed by atoms with Gasteiger partial charge in [0.2, 0.25) is 0 Å². The van der Waals surface area contributed by atoms with E-state index in [2.05, 4.69) is 82.3 Å². The zero-order chi connectivity index (χ0) is 26.1. The molecule has 0 fully saturated rings. The number of nitrogens with one attached hydrogen (secondary N) is 1. The van der Waals surface area contributed by atoms with Crippen molar-refractivity contribution >= 4 is 28.1 Å². The molecule has 2 heterocycles. The minimum absolute atomic E-state index is 0.0557. The van der Waals surface area contributed by atoms with Gasteiger partial charge in [-0.15, -0.1) is 0 Å². The molecule has 0 amide bonds. The quantitative estimate of drug-likeness (QED) is 0.244. The molecule has 0 radical (unpaired) electrons. The van der Waals surface area contributed by atoms with Gasteiger partial charge in [0.05, 0.1) is 0 Å². The van der Waals surface area contributed by atoms with Gasteiger partial charge in [-0.1, -0.05) is 58.9 Å². The van der Waals surface area contributed by atoms with Crippen molar-refractivity contribution in [3.8, 4) is 11.1 Å². The van der Waals surface area contributed by atoms with Crippen LogP contribution in [0.25, 0.3) is 21.9 Å². The number of rotatable bonds is 7. The first-order chi connectivity index (χ1) is 16.9. The van der Waals surface area contributed by atoms with Crippen molar-refractivity contribution in [3.05, 3.63) is 77.6 Å². The molecule has 0 saturated carbocycles. The second-order valence-corrected chi connectivity index (χ2v) is 11.7. The third kappa shape index (κ3) is 5.78. The molecule has 5 nitrogen and oxygen atoms in total. The van der Waals surface area contributed by atoms with Crippen molar-refractivity contribution in [2.24, 2.45) is 5.41 Å². The van der Waals surface area contributed by atoms with Gasteiger partial charge < -0.3 is 16.8 Å². The van der Waals surface area contributed by atoms with Gasteiger partial charge in [0.15, 0.2) is 0 Å². The molecule has 5 heteroatoms. The number of aromatic nitrogens is 2. The van der Waals surface area contributed by atoms with E-state index >= 15 is 0 Å². The van der Waals surface area contributed by atoms with Crippen molar-refractivity contribution in [3.63, 3.8) is 0 Å². The number of fused-ring (bicyclic) bond motifs is 1. The first kappa shape index (κ1) is 25.5. The van der Waals surface area contributed by atoms with Crippen molar-refractivity contribution in [2.45, 2.75) is 59.8 Å². The molecule has 0 atom stereocenters. The van der Waals surface area contributed by atoms with Crippen LogP contribution in [0.4, 0.5) is 17.3 Å². The smallest absolute Gasteiger partial charge is 0.126 e. The molecule has 188 valence electrons. The molecule has 36 heavy (non-hydrogen) atoms. The number of nitrogens with zero attached hydrogens (tertiary/aromatic N) is 2. The van der Waals surface area contributed by atoms with E-state index in [0.717, 1.165) is 41.8 Å². The monoisotopic (exact) mass is 481 g/mol. The second kappa shape index (κ2) is 9.81. The number of hydrogen-bond acceptors (Lipinski definition) is 5. The predicted octanol–water partition coefficient (Wildman–Crippen LogP) is 7.14. The fraction of sp³-hybridized carbons (Fsp3) is 0.355. The zero-order valence-electron chi connectivity index (χ0n) is 22.4. The maximum absolute atomic E-state index is 6.40. The molecule has 2 aromatic heterocycles. The Morgan fingerprint density at radius 2 is 1.64 bits per heavy atom. The summed E-state index contributed by atoms with van der Waals surface area (Å²) in [6.45, 7) is 14.4. The highest BCUT2D eigenvalue weighted by Crippen LogP contribution is 2.42. The molecular weight excluding hydrogens is 442 g/mol. The van der Waals surface area contributed by atoms with E-state index in [1.54, 1.807) is 0 Å². The number of benzene rings is 2. The molecule has 5 N–H and O–H groups in total. The minimum atomic E-state index is -0.0557. The Morgan fingerprint density at radius 1 is 0.861 bits per heavy atom. The van der Waals surface area contributed by atoms with E-state index in [-0.39, 0.29) is 10.8 Å². The van der Waals surface area contributed by atoms with Gasteiger partial charge in [0.25, 0.3) is 0 Å². The largest absolute Gasteiger partial charge is 0.398 e.